The van der Waals surface area contributed by atoms with Gasteiger partial charge in [-0.15, -0.1) is 0 Å². The lowest BCUT2D eigenvalue weighted by atomic mass is 10.1. The number of rotatable bonds is 7. The molecule has 35 heavy (non-hydrogen) atoms. The zero-order chi connectivity index (χ0) is 24.7. The minimum atomic E-state index is -0.855. The van der Waals surface area contributed by atoms with Gasteiger partial charge in [-0.3, -0.25) is 9.36 Å². The minimum Gasteiger partial charge on any atom is -0.382 e. The van der Waals surface area contributed by atoms with Crippen molar-refractivity contribution in [2.24, 2.45) is 0 Å². The molecule has 2 aliphatic rings. The van der Waals surface area contributed by atoms with Crippen LogP contribution in [0.2, 0.25) is 0 Å². The Labute approximate surface area is 210 Å². The molecule has 2 aromatic heterocycles. The molecule has 12 heteroatoms. The second-order valence-corrected chi connectivity index (χ2v) is 9.88. The Morgan fingerprint density at radius 2 is 1.94 bits per heavy atom. The zero-order valence-electron chi connectivity index (χ0n) is 19.7. The number of carbonyl (C=O) groups is 1. The molecule has 0 unspecified atom stereocenters. The van der Waals surface area contributed by atoms with Gasteiger partial charge in [-0.1, -0.05) is 28.1 Å². The number of amides is 1. The number of benzene rings is 1. The van der Waals surface area contributed by atoms with Crippen LogP contribution in [-0.4, -0.2) is 62.6 Å². The number of nitrogen functional groups attached to an aromatic ring is 1. The number of fused-ring (bicyclic) bond motifs is 2. The van der Waals surface area contributed by atoms with E-state index >= 15 is 0 Å². The average Bonchev–Trinajstić information content (AvgIpc) is 3.46. The molecule has 0 bridgehead atoms. The summed E-state index contributed by atoms with van der Waals surface area (Å²) in [5.41, 5.74) is 8.31. The molecule has 4 N–H and O–H groups in total. The van der Waals surface area contributed by atoms with Gasteiger partial charge >= 0.3 is 0 Å². The Kier molecular flexibility index (Phi) is 6.38. The Morgan fingerprint density at radius 1 is 1.20 bits per heavy atom. The third-order valence-electron chi connectivity index (χ3n) is 5.97. The van der Waals surface area contributed by atoms with E-state index in [0.29, 0.717) is 30.2 Å². The van der Waals surface area contributed by atoms with Crippen LogP contribution in [0.5, 0.6) is 0 Å². The van der Waals surface area contributed by atoms with Gasteiger partial charge in [-0.05, 0) is 44.9 Å². The van der Waals surface area contributed by atoms with Gasteiger partial charge in [0.2, 0.25) is 5.95 Å². The third-order valence-corrected chi connectivity index (χ3v) is 6.50. The number of hydrogen-bond acceptors (Lipinski definition) is 9. The summed E-state index contributed by atoms with van der Waals surface area (Å²) in [4.78, 5) is 26.1. The van der Waals surface area contributed by atoms with Crippen LogP contribution >= 0.6 is 15.9 Å². The van der Waals surface area contributed by atoms with E-state index in [1.807, 2.05) is 32.9 Å². The highest BCUT2D eigenvalue weighted by Crippen LogP contribution is 2.44. The molecule has 186 valence electrons. The largest absolute Gasteiger partial charge is 0.382 e. The van der Waals surface area contributed by atoms with Gasteiger partial charge in [0.1, 0.15) is 17.7 Å². The summed E-state index contributed by atoms with van der Waals surface area (Å²) >= 11 is 3.45. The molecule has 5 rings (SSSR count). The average molecular weight is 546 g/mol. The normalized spacial score (nSPS) is 25.0. The number of halogens is 1. The lowest BCUT2D eigenvalue weighted by Gasteiger charge is -2.24. The van der Waals surface area contributed by atoms with E-state index in [1.54, 1.807) is 10.9 Å². The molecular weight excluding hydrogens is 518 g/mol. The lowest BCUT2D eigenvalue weighted by Crippen LogP contribution is -2.42. The van der Waals surface area contributed by atoms with Crippen LogP contribution in [0.4, 0.5) is 11.8 Å². The molecule has 0 radical (unpaired) electrons. The Bertz CT molecular complexity index is 1230. The van der Waals surface area contributed by atoms with Crippen molar-refractivity contribution < 1.29 is 19.0 Å². The van der Waals surface area contributed by atoms with Crippen molar-refractivity contribution in [2.45, 2.75) is 57.5 Å². The van der Waals surface area contributed by atoms with Crippen molar-refractivity contribution in [1.82, 2.24) is 24.8 Å². The van der Waals surface area contributed by atoms with Crippen molar-refractivity contribution in [3.05, 3.63) is 40.6 Å². The molecule has 0 spiro atoms. The maximum atomic E-state index is 12.7. The van der Waals surface area contributed by atoms with E-state index in [0.717, 1.165) is 10.9 Å². The lowest BCUT2D eigenvalue weighted by molar-refractivity contribution is -0.197. The first-order chi connectivity index (χ1) is 16.8. The summed E-state index contributed by atoms with van der Waals surface area (Å²) in [6, 6.07) is 8.13. The molecule has 11 nitrogen and oxygen atoms in total. The molecular formula is C23H28BrN7O4. The number of imidazole rings is 1. The summed E-state index contributed by atoms with van der Waals surface area (Å²) in [6.45, 7) is 6.59. The second kappa shape index (κ2) is 9.34. The topological polar surface area (TPSA) is 138 Å². The maximum absolute atomic E-state index is 12.7. The Hall–Kier alpha value is -2.80. The van der Waals surface area contributed by atoms with Crippen LogP contribution in [0.3, 0.4) is 0 Å². The van der Waals surface area contributed by atoms with E-state index in [2.05, 4.69) is 53.6 Å². The molecule has 1 amide bonds. The third kappa shape index (κ3) is 4.70. The van der Waals surface area contributed by atoms with Crippen LogP contribution in [0, 0.1) is 0 Å². The fourth-order valence-electron chi connectivity index (χ4n) is 4.46. The van der Waals surface area contributed by atoms with Gasteiger partial charge in [0, 0.05) is 17.6 Å². The van der Waals surface area contributed by atoms with E-state index < -0.39 is 30.3 Å². The highest BCUT2D eigenvalue weighted by molar-refractivity contribution is 9.10. The number of nitrogens with one attached hydrogen (secondary N) is 2. The number of nitrogens with zero attached hydrogens (tertiary/aromatic N) is 4. The molecule has 3 aromatic rings. The van der Waals surface area contributed by atoms with Crippen LogP contribution in [-0.2, 0) is 25.4 Å². The monoisotopic (exact) mass is 545 g/mol. The first-order valence-corrected chi connectivity index (χ1v) is 12.3. The van der Waals surface area contributed by atoms with Crippen molar-refractivity contribution in [2.75, 3.05) is 24.1 Å². The summed E-state index contributed by atoms with van der Waals surface area (Å²) in [5, 5.41) is 6.04. The van der Waals surface area contributed by atoms with Gasteiger partial charge in [-0.2, -0.15) is 9.97 Å². The van der Waals surface area contributed by atoms with Crippen LogP contribution in [0.15, 0.2) is 35.1 Å². The van der Waals surface area contributed by atoms with Gasteiger partial charge in [0.15, 0.2) is 29.6 Å². The van der Waals surface area contributed by atoms with Crippen molar-refractivity contribution in [3.63, 3.8) is 0 Å². The van der Waals surface area contributed by atoms with E-state index in [4.69, 9.17) is 19.9 Å². The maximum Gasteiger partial charge on any atom is 0.252 e. The van der Waals surface area contributed by atoms with Gasteiger partial charge in [0.25, 0.3) is 5.91 Å². The van der Waals surface area contributed by atoms with Crippen molar-refractivity contribution in [1.29, 1.82) is 0 Å². The summed E-state index contributed by atoms with van der Waals surface area (Å²) in [6.07, 6.45) is -0.229. The van der Waals surface area contributed by atoms with Crippen LogP contribution < -0.4 is 16.4 Å². The number of aromatic nitrogens is 4. The molecule has 0 saturated carbocycles. The number of carbonyl (C=O) groups excluding carboxylic acids is 1. The summed E-state index contributed by atoms with van der Waals surface area (Å²) in [5.74, 6) is -0.474. The SMILES string of the molecule is CCNC(=O)[C@H]1O[C@@H](n2cnc3c(N)nc(NCCc4ccc(Br)cc4)nc32)[C@@H]2OC(C)(C)O[C@@H]21. The zero-order valence-corrected chi connectivity index (χ0v) is 21.3. The first kappa shape index (κ1) is 23.9. The molecule has 2 fully saturated rings. The molecule has 4 atom stereocenters. The predicted octanol–water partition coefficient (Wildman–Crippen LogP) is 2.38. The van der Waals surface area contributed by atoms with E-state index in [9.17, 15) is 4.79 Å². The second-order valence-electron chi connectivity index (χ2n) is 8.97. The number of anilines is 2. The summed E-state index contributed by atoms with van der Waals surface area (Å²) < 4.78 is 21.1. The quantitative estimate of drug-likeness (QED) is 0.408. The fraction of sp³-hybridized carbons (Fsp3) is 0.478. The fourth-order valence-corrected chi connectivity index (χ4v) is 4.72. The minimum absolute atomic E-state index is 0.249. The van der Waals surface area contributed by atoms with Crippen LogP contribution in [0.1, 0.15) is 32.6 Å². The molecule has 1 aromatic carbocycles. The first-order valence-electron chi connectivity index (χ1n) is 11.5. The highest BCUT2D eigenvalue weighted by atomic mass is 79.9. The Balaban J connectivity index is 1.40. The molecule has 0 aliphatic carbocycles. The van der Waals surface area contributed by atoms with Gasteiger partial charge < -0.3 is 30.6 Å². The van der Waals surface area contributed by atoms with Crippen molar-refractivity contribution >= 4 is 44.8 Å². The molecule has 4 heterocycles. The van der Waals surface area contributed by atoms with E-state index in [-0.39, 0.29) is 11.7 Å². The molecule has 2 aliphatic heterocycles. The predicted molar refractivity (Wildman–Crippen MR) is 132 cm³/mol. The smallest absolute Gasteiger partial charge is 0.252 e. The Morgan fingerprint density at radius 3 is 2.69 bits per heavy atom. The highest BCUT2D eigenvalue weighted by Gasteiger charge is 2.58. The van der Waals surface area contributed by atoms with Gasteiger partial charge in [-0.25, -0.2) is 4.98 Å². The van der Waals surface area contributed by atoms with Gasteiger partial charge in [0.05, 0.1) is 6.33 Å². The van der Waals surface area contributed by atoms with Crippen LogP contribution in [0.25, 0.3) is 11.2 Å². The number of nitrogens with two attached hydrogens (primary N) is 1. The number of ether oxygens (including phenoxy) is 3. The number of hydrogen-bond donors (Lipinski definition) is 3. The summed E-state index contributed by atoms with van der Waals surface area (Å²) in [7, 11) is 0. The van der Waals surface area contributed by atoms with E-state index in [1.165, 1.54) is 5.56 Å². The van der Waals surface area contributed by atoms with Crippen molar-refractivity contribution in [3.8, 4) is 0 Å². The standard InChI is InChI=1S/C23H28BrN7O4/c1-4-26-20(32)16-15-17(35-23(2,3)34-15)21(33-16)31-11-28-14-18(25)29-22(30-19(14)31)27-10-9-12-5-7-13(24)8-6-12/h5-8,11,15-17,21H,4,9-10H2,1-3H3,(H,26,32)(H3,25,27,29,30)/t15-,16+,17-,21-/m1/s1. The molecule has 2 saturated heterocycles. The number of likely N-dealkylation sites (N-methyl/N-ethyl adjacent to an activating group) is 1.